The van der Waals surface area contributed by atoms with Crippen molar-refractivity contribution < 1.29 is 19.2 Å². The first-order chi connectivity index (χ1) is 12.5. The molecule has 0 bridgehead atoms. The van der Waals surface area contributed by atoms with Gasteiger partial charge in [0.1, 0.15) is 6.54 Å². The lowest BCUT2D eigenvalue weighted by Gasteiger charge is -2.31. The van der Waals surface area contributed by atoms with E-state index in [4.69, 9.17) is 4.74 Å². The molecule has 0 saturated carbocycles. The zero-order valence-corrected chi connectivity index (χ0v) is 15.5. The van der Waals surface area contributed by atoms with Crippen molar-refractivity contribution in [1.82, 2.24) is 0 Å². The number of methoxy groups -OCH3 is 1. The number of carbonyl (C=O) groups excluding carboxylic acids is 2. The lowest BCUT2D eigenvalue weighted by Crippen LogP contribution is -3.17. The highest BCUT2D eigenvalue weighted by molar-refractivity contribution is 5.91. The number of amides is 1. The zero-order valence-electron chi connectivity index (χ0n) is 15.5. The van der Waals surface area contributed by atoms with Crippen molar-refractivity contribution in [2.45, 2.75) is 32.9 Å². The second kappa shape index (κ2) is 7.70. The number of anilines is 1. The number of quaternary nitrogens is 1. The predicted molar refractivity (Wildman–Crippen MR) is 100 cm³/mol. The van der Waals surface area contributed by atoms with E-state index in [1.807, 2.05) is 50.2 Å². The highest BCUT2D eigenvalue weighted by Gasteiger charge is 2.37. The summed E-state index contributed by atoms with van der Waals surface area (Å²) >= 11 is 0. The molecule has 0 spiro atoms. The number of fused-ring (bicyclic) bond motifs is 1. The molecule has 1 aliphatic heterocycles. The Labute approximate surface area is 154 Å². The Hall–Kier alpha value is -2.66. The van der Waals surface area contributed by atoms with Crippen molar-refractivity contribution in [2.24, 2.45) is 0 Å². The van der Waals surface area contributed by atoms with Gasteiger partial charge < -0.3 is 15.0 Å². The molecule has 1 amide bonds. The maximum Gasteiger partial charge on any atom is 0.365 e. The molecule has 1 unspecified atom stereocenters. The smallest absolute Gasteiger partial charge is 0.365 e. The van der Waals surface area contributed by atoms with E-state index in [1.165, 1.54) is 18.2 Å². The van der Waals surface area contributed by atoms with Crippen molar-refractivity contribution >= 4 is 17.6 Å². The number of hydrogen-bond donors (Lipinski definition) is 2. The van der Waals surface area contributed by atoms with Gasteiger partial charge in [0.2, 0.25) is 0 Å². The van der Waals surface area contributed by atoms with Crippen LogP contribution < -0.4 is 10.2 Å². The molecule has 0 saturated heterocycles. The van der Waals surface area contributed by atoms with Gasteiger partial charge in [0.15, 0.2) is 12.6 Å². The molecule has 0 radical (unpaired) electrons. The van der Waals surface area contributed by atoms with Crippen molar-refractivity contribution in [2.75, 3.05) is 19.0 Å². The quantitative estimate of drug-likeness (QED) is 0.818. The average molecular weight is 353 g/mol. The number of esters is 1. The Morgan fingerprint density at radius 1 is 1.12 bits per heavy atom. The SMILES string of the molecule is COC(=O)[C@@H]1Cc2ccccc2C[NH+]1CC(=O)Nc1ccc(C)c(C)c1. The molecule has 0 aliphatic carbocycles. The van der Waals surface area contributed by atoms with Crippen LogP contribution in [0.4, 0.5) is 5.69 Å². The molecule has 5 nitrogen and oxygen atoms in total. The fourth-order valence-corrected chi connectivity index (χ4v) is 3.47. The number of aryl methyl sites for hydroxylation is 2. The molecular weight excluding hydrogens is 328 g/mol. The third-order valence-corrected chi connectivity index (χ3v) is 5.12. The summed E-state index contributed by atoms with van der Waals surface area (Å²) in [5.41, 5.74) is 5.44. The van der Waals surface area contributed by atoms with Gasteiger partial charge >= 0.3 is 5.97 Å². The Morgan fingerprint density at radius 2 is 1.85 bits per heavy atom. The van der Waals surface area contributed by atoms with Crippen LogP contribution in [-0.4, -0.2) is 31.6 Å². The van der Waals surface area contributed by atoms with Crippen LogP contribution in [0.15, 0.2) is 42.5 Å². The number of rotatable bonds is 4. The zero-order chi connectivity index (χ0) is 18.7. The third-order valence-electron chi connectivity index (χ3n) is 5.12. The van der Waals surface area contributed by atoms with E-state index in [9.17, 15) is 9.59 Å². The lowest BCUT2D eigenvalue weighted by molar-refractivity contribution is -0.924. The number of hydrogen-bond acceptors (Lipinski definition) is 3. The maximum atomic E-state index is 12.6. The van der Waals surface area contributed by atoms with E-state index >= 15 is 0 Å². The van der Waals surface area contributed by atoms with E-state index in [0.29, 0.717) is 13.0 Å². The highest BCUT2D eigenvalue weighted by atomic mass is 16.5. The summed E-state index contributed by atoms with van der Waals surface area (Å²) in [4.78, 5) is 25.7. The summed E-state index contributed by atoms with van der Waals surface area (Å²) in [6.45, 7) is 4.92. The molecule has 2 aromatic carbocycles. The van der Waals surface area contributed by atoms with E-state index in [1.54, 1.807) is 0 Å². The van der Waals surface area contributed by atoms with Crippen molar-refractivity contribution in [3.63, 3.8) is 0 Å². The van der Waals surface area contributed by atoms with Crippen LogP contribution in [0.25, 0.3) is 0 Å². The molecular formula is C21H25N2O3+. The van der Waals surface area contributed by atoms with Gasteiger partial charge in [0.25, 0.3) is 5.91 Å². The number of benzene rings is 2. The molecule has 5 heteroatoms. The normalized spacial score (nSPS) is 18.7. The van der Waals surface area contributed by atoms with Gasteiger partial charge in [0.05, 0.1) is 7.11 Å². The van der Waals surface area contributed by atoms with Gasteiger partial charge in [0, 0.05) is 17.7 Å². The minimum absolute atomic E-state index is 0.100. The van der Waals surface area contributed by atoms with Gasteiger partial charge in [-0.3, -0.25) is 4.79 Å². The van der Waals surface area contributed by atoms with Crippen LogP contribution in [0.3, 0.4) is 0 Å². The summed E-state index contributed by atoms with van der Waals surface area (Å²) in [7, 11) is 1.40. The molecule has 2 N–H and O–H groups in total. The second-order valence-electron chi connectivity index (χ2n) is 6.91. The fourth-order valence-electron chi connectivity index (χ4n) is 3.47. The Kier molecular flexibility index (Phi) is 5.38. The average Bonchev–Trinajstić information content (AvgIpc) is 2.63. The minimum Gasteiger partial charge on any atom is -0.465 e. The summed E-state index contributed by atoms with van der Waals surface area (Å²) in [6, 6.07) is 13.6. The minimum atomic E-state index is -0.361. The van der Waals surface area contributed by atoms with Crippen LogP contribution in [-0.2, 0) is 27.3 Å². The lowest BCUT2D eigenvalue weighted by atomic mass is 9.94. The Bertz CT molecular complexity index is 832. The van der Waals surface area contributed by atoms with Crippen LogP contribution in [0.2, 0.25) is 0 Å². The number of carbonyl (C=O) groups is 2. The molecule has 2 atom stereocenters. The molecule has 3 rings (SSSR count). The van der Waals surface area contributed by atoms with Gasteiger partial charge in [-0.15, -0.1) is 0 Å². The third kappa shape index (κ3) is 3.94. The topological polar surface area (TPSA) is 59.8 Å². The first-order valence-corrected chi connectivity index (χ1v) is 8.84. The molecule has 1 aliphatic rings. The molecule has 2 aromatic rings. The summed E-state index contributed by atoms with van der Waals surface area (Å²) in [5.74, 6) is -0.370. The summed E-state index contributed by atoms with van der Waals surface area (Å²) < 4.78 is 4.97. The predicted octanol–water partition coefficient (Wildman–Crippen LogP) is 1.42. The van der Waals surface area contributed by atoms with Crippen LogP contribution in [0, 0.1) is 13.8 Å². The molecule has 0 fully saturated rings. The van der Waals surface area contributed by atoms with E-state index in [0.717, 1.165) is 21.7 Å². The van der Waals surface area contributed by atoms with E-state index < -0.39 is 0 Å². The molecule has 136 valence electrons. The van der Waals surface area contributed by atoms with Gasteiger partial charge in [-0.05, 0) is 42.7 Å². The monoisotopic (exact) mass is 353 g/mol. The van der Waals surface area contributed by atoms with Crippen LogP contribution in [0.1, 0.15) is 22.3 Å². The Balaban J connectivity index is 1.74. The van der Waals surface area contributed by atoms with E-state index in [2.05, 4.69) is 11.4 Å². The van der Waals surface area contributed by atoms with Crippen molar-refractivity contribution in [1.29, 1.82) is 0 Å². The molecule has 0 aromatic heterocycles. The summed E-state index contributed by atoms with van der Waals surface area (Å²) in [6.07, 6.45) is 0.592. The van der Waals surface area contributed by atoms with Gasteiger partial charge in [-0.1, -0.05) is 30.3 Å². The number of nitrogens with one attached hydrogen (secondary N) is 2. The van der Waals surface area contributed by atoms with Crippen molar-refractivity contribution in [3.8, 4) is 0 Å². The Morgan fingerprint density at radius 3 is 2.54 bits per heavy atom. The van der Waals surface area contributed by atoms with Crippen molar-refractivity contribution in [3.05, 3.63) is 64.7 Å². The first kappa shape index (κ1) is 18.1. The fraction of sp³-hybridized carbons (Fsp3) is 0.333. The largest absolute Gasteiger partial charge is 0.465 e. The molecule has 26 heavy (non-hydrogen) atoms. The summed E-state index contributed by atoms with van der Waals surface area (Å²) in [5, 5.41) is 2.95. The first-order valence-electron chi connectivity index (χ1n) is 8.84. The highest BCUT2D eigenvalue weighted by Crippen LogP contribution is 2.15. The van der Waals surface area contributed by atoms with E-state index in [-0.39, 0.29) is 24.5 Å². The number of ether oxygens (including phenoxy) is 1. The van der Waals surface area contributed by atoms with Crippen LogP contribution in [0.5, 0.6) is 0 Å². The second-order valence-corrected chi connectivity index (χ2v) is 6.91. The van der Waals surface area contributed by atoms with Gasteiger partial charge in [-0.2, -0.15) is 0 Å². The van der Waals surface area contributed by atoms with Crippen LogP contribution >= 0.6 is 0 Å². The maximum absolute atomic E-state index is 12.6. The molecule has 1 heterocycles. The van der Waals surface area contributed by atoms with Gasteiger partial charge in [-0.25, -0.2) is 4.79 Å². The standard InChI is InChI=1S/C21H24N2O3/c1-14-8-9-18(10-15(14)2)22-20(24)13-23-12-17-7-5-4-6-16(17)11-19(23)21(25)26-3/h4-10,19H,11-13H2,1-3H3,(H,22,24)/p+1/t19-/m0/s1.